The number of halogens is 1. The molecule has 1 aliphatic rings. The molecule has 0 aromatic heterocycles. The second-order valence-corrected chi connectivity index (χ2v) is 8.65. The van der Waals surface area contributed by atoms with Crippen molar-refractivity contribution in [2.75, 3.05) is 6.61 Å². The third-order valence-corrected chi connectivity index (χ3v) is 6.15. The van der Waals surface area contributed by atoms with Gasteiger partial charge in [-0.15, -0.1) is 0 Å². The highest BCUT2D eigenvalue weighted by Crippen LogP contribution is 2.19. The first-order valence-corrected chi connectivity index (χ1v) is 11.3. The number of nitrogens with zero attached hydrogens (tertiary/aromatic N) is 1. The van der Waals surface area contributed by atoms with E-state index in [0.717, 1.165) is 36.8 Å². The first-order valence-electron chi connectivity index (χ1n) is 11.0. The van der Waals surface area contributed by atoms with E-state index in [1.807, 2.05) is 31.2 Å². The standard InChI is InChI=1S/C25H31ClN2O3/c1-18-8-6-7-9-20(18)16-28(19(2)25(30)27-22-10-4-3-5-11-22)24(29)17-31-23-14-12-21(26)13-15-23/h6-9,12-15,19,22H,3-5,10-11,16-17H2,1-2H3,(H,27,30). The number of rotatable bonds is 8. The van der Waals surface area contributed by atoms with Crippen LogP contribution < -0.4 is 10.1 Å². The van der Waals surface area contributed by atoms with Gasteiger partial charge in [0, 0.05) is 17.6 Å². The first-order chi connectivity index (χ1) is 14.9. The van der Waals surface area contributed by atoms with Crippen molar-refractivity contribution < 1.29 is 14.3 Å². The molecule has 1 fully saturated rings. The summed E-state index contributed by atoms with van der Waals surface area (Å²) in [6.45, 7) is 4.01. The maximum Gasteiger partial charge on any atom is 0.261 e. The SMILES string of the molecule is Cc1ccccc1CN(C(=O)COc1ccc(Cl)cc1)C(C)C(=O)NC1CCCCC1. The Hall–Kier alpha value is -2.53. The molecular weight excluding hydrogens is 412 g/mol. The average molecular weight is 443 g/mol. The van der Waals surface area contributed by atoms with Crippen molar-refractivity contribution >= 4 is 23.4 Å². The monoisotopic (exact) mass is 442 g/mol. The van der Waals surface area contributed by atoms with Crippen LogP contribution in [-0.2, 0) is 16.1 Å². The van der Waals surface area contributed by atoms with Crippen LogP contribution in [0.25, 0.3) is 0 Å². The molecule has 1 aliphatic carbocycles. The summed E-state index contributed by atoms with van der Waals surface area (Å²) in [5.74, 6) is 0.220. The van der Waals surface area contributed by atoms with E-state index in [4.69, 9.17) is 16.3 Å². The molecule has 2 amide bonds. The van der Waals surface area contributed by atoms with E-state index in [-0.39, 0.29) is 24.5 Å². The molecule has 0 heterocycles. The Balaban J connectivity index is 1.71. The fourth-order valence-corrected chi connectivity index (χ4v) is 4.01. The van der Waals surface area contributed by atoms with Gasteiger partial charge in [-0.25, -0.2) is 0 Å². The summed E-state index contributed by atoms with van der Waals surface area (Å²) in [6, 6.07) is 14.4. The van der Waals surface area contributed by atoms with Crippen molar-refractivity contribution in [1.29, 1.82) is 0 Å². The van der Waals surface area contributed by atoms with Crippen molar-refractivity contribution in [3.63, 3.8) is 0 Å². The number of carbonyl (C=O) groups excluding carboxylic acids is 2. The van der Waals surface area contributed by atoms with Crippen LogP contribution in [0, 0.1) is 6.92 Å². The van der Waals surface area contributed by atoms with Crippen LogP contribution in [-0.4, -0.2) is 35.4 Å². The van der Waals surface area contributed by atoms with Crippen LogP contribution in [0.5, 0.6) is 5.75 Å². The van der Waals surface area contributed by atoms with Gasteiger partial charge in [-0.3, -0.25) is 9.59 Å². The zero-order chi connectivity index (χ0) is 22.2. The van der Waals surface area contributed by atoms with Gasteiger partial charge in [0.1, 0.15) is 11.8 Å². The predicted octanol–water partition coefficient (Wildman–Crippen LogP) is 4.89. The van der Waals surface area contributed by atoms with E-state index >= 15 is 0 Å². The Bertz CT molecular complexity index is 879. The van der Waals surface area contributed by atoms with Gasteiger partial charge in [0.2, 0.25) is 5.91 Å². The average Bonchev–Trinajstić information content (AvgIpc) is 2.78. The van der Waals surface area contributed by atoms with Gasteiger partial charge >= 0.3 is 0 Å². The number of hydrogen-bond donors (Lipinski definition) is 1. The molecule has 1 atom stereocenters. The number of amides is 2. The lowest BCUT2D eigenvalue weighted by Gasteiger charge is -2.31. The predicted molar refractivity (Wildman–Crippen MR) is 123 cm³/mol. The van der Waals surface area contributed by atoms with E-state index in [9.17, 15) is 9.59 Å². The van der Waals surface area contributed by atoms with E-state index in [2.05, 4.69) is 5.32 Å². The molecule has 0 bridgehead atoms. The van der Waals surface area contributed by atoms with Gasteiger partial charge in [-0.2, -0.15) is 0 Å². The summed E-state index contributed by atoms with van der Waals surface area (Å²) in [5, 5.41) is 3.75. The lowest BCUT2D eigenvalue weighted by molar-refractivity contribution is -0.142. The maximum atomic E-state index is 13.1. The molecule has 31 heavy (non-hydrogen) atoms. The number of hydrogen-bond acceptors (Lipinski definition) is 3. The van der Waals surface area contributed by atoms with E-state index in [1.165, 1.54) is 6.42 Å². The minimum absolute atomic E-state index is 0.111. The summed E-state index contributed by atoms with van der Waals surface area (Å²) in [6.07, 6.45) is 5.51. The quantitative estimate of drug-likeness (QED) is 0.633. The molecule has 2 aromatic carbocycles. The maximum absolute atomic E-state index is 13.1. The second kappa shape index (κ2) is 11.2. The number of nitrogens with one attached hydrogen (secondary N) is 1. The van der Waals surface area contributed by atoms with Crippen LogP contribution in [0.4, 0.5) is 0 Å². The minimum atomic E-state index is -0.595. The highest BCUT2D eigenvalue weighted by molar-refractivity contribution is 6.30. The Morgan fingerprint density at radius 2 is 1.77 bits per heavy atom. The molecule has 1 N–H and O–H groups in total. The highest BCUT2D eigenvalue weighted by Gasteiger charge is 2.28. The summed E-state index contributed by atoms with van der Waals surface area (Å²) in [4.78, 5) is 27.7. The molecule has 1 saturated carbocycles. The van der Waals surface area contributed by atoms with Crippen LogP contribution in [0.3, 0.4) is 0 Å². The second-order valence-electron chi connectivity index (χ2n) is 8.21. The highest BCUT2D eigenvalue weighted by atomic mass is 35.5. The van der Waals surface area contributed by atoms with Crippen LogP contribution in [0.2, 0.25) is 5.02 Å². The molecule has 3 rings (SSSR count). The number of benzene rings is 2. The van der Waals surface area contributed by atoms with Crippen LogP contribution in [0.1, 0.15) is 50.2 Å². The Morgan fingerprint density at radius 1 is 1.10 bits per heavy atom. The van der Waals surface area contributed by atoms with Crippen molar-refractivity contribution in [3.8, 4) is 5.75 Å². The molecule has 5 nitrogen and oxygen atoms in total. The number of carbonyl (C=O) groups is 2. The molecule has 166 valence electrons. The van der Waals surface area contributed by atoms with Crippen molar-refractivity contribution in [1.82, 2.24) is 10.2 Å². The molecule has 0 aliphatic heterocycles. The van der Waals surface area contributed by atoms with Gasteiger partial charge in [0.05, 0.1) is 0 Å². The fraction of sp³-hybridized carbons (Fsp3) is 0.440. The molecule has 0 radical (unpaired) electrons. The summed E-state index contributed by atoms with van der Waals surface area (Å²) in [7, 11) is 0. The van der Waals surface area contributed by atoms with Crippen LogP contribution >= 0.6 is 11.6 Å². The number of ether oxygens (including phenoxy) is 1. The number of aryl methyl sites for hydroxylation is 1. The van der Waals surface area contributed by atoms with Gasteiger partial charge < -0.3 is 15.0 Å². The van der Waals surface area contributed by atoms with E-state index in [0.29, 0.717) is 17.3 Å². The smallest absolute Gasteiger partial charge is 0.261 e. The molecule has 2 aromatic rings. The first kappa shape index (κ1) is 23.1. The normalized spacial score (nSPS) is 15.2. The van der Waals surface area contributed by atoms with Crippen molar-refractivity contribution in [2.24, 2.45) is 0 Å². The van der Waals surface area contributed by atoms with Gasteiger partial charge in [0.25, 0.3) is 5.91 Å². The lowest BCUT2D eigenvalue weighted by atomic mass is 9.95. The van der Waals surface area contributed by atoms with Gasteiger partial charge in [-0.05, 0) is 62.1 Å². The van der Waals surface area contributed by atoms with E-state index in [1.54, 1.807) is 36.1 Å². The third kappa shape index (κ3) is 6.73. The minimum Gasteiger partial charge on any atom is -0.484 e. The molecule has 0 spiro atoms. The zero-order valence-corrected chi connectivity index (χ0v) is 19.0. The topological polar surface area (TPSA) is 58.6 Å². The fourth-order valence-electron chi connectivity index (χ4n) is 3.88. The third-order valence-electron chi connectivity index (χ3n) is 5.90. The Kier molecular flexibility index (Phi) is 8.35. The molecular formula is C25H31ClN2O3. The summed E-state index contributed by atoms with van der Waals surface area (Å²) in [5.41, 5.74) is 2.10. The van der Waals surface area contributed by atoms with Gasteiger partial charge in [-0.1, -0.05) is 55.1 Å². The van der Waals surface area contributed by atoms with Crippen LogP contribution in [0.15, 0.2) is 48.5 Å². The van der Waals surface area contributed by atoms with Gasteiger partial charge in [0.15, 0.2) is 6.61 Å². The van der Waals surface area contributed by atoms with E-state index < -0.39 is 6.04 Å². The van der Waals surface area contributed by atoms with Crippen molar-refractivity contribution in [2.45, 2.75) is 64.6 Å². The Morgan fingerprint density at radius 3 is 2.45 bits per heavy atom. The summed E-state index contributed by atoms with van der Waals surface area (Å²) < 4.78 is 5.67. The molecule has 6 heteroatoms. The van der Waals surface area contributed by atoms with Crippen molar-refractivity contribution in [3.05, 3.63) is 64.7 Å². The molecule has 0 saturated heterocycles. The molecule has 1 unspecified atom stereocenters. The zero-order valence-electron chi connectivity index (χ0n) is 18.3. The largest absolute Gasteiger partial charge is 0.484 e. The Labute approximate surface area is 189 Å². The summed E-state index contributed by atoms with van der Waals surface area (Å²) >= 11 is 5.91. The lowest BCUT2D eigenvalue weighted by Crippen LogP contribution is -2.51.